The van der Waals surface area contributed by atoms with Crippen LogP contribution in [0.5, 0.6) is 0 Å². The van der Waals surface area contributed by atoms with Crippen molar-refractivity contribution in [3.8, 4) is 0 Å². The number of amides is 1. The van der Waals surface area contributed by atoms with Crippen LogP contribution in [-0.4, -0.2) is 59.0 Å². The van der Waals surface area contributed by atoms with Gasteiger partial charge in [-0.1, -0.05) is 102 Å². The first-order chi connectivity index (χ1) is 19.3. The van der Waals surface area contributed by atoms with Gasteiger partial charge in [-0.05, 0) is 38.5 Å². The van der Waals surface area contributed by atoms with Crippen LogP contribution in [0.25, 0.3) is 0 Å². The lowest BCUT2D eigenvalue weighted by atomic mass is 10.1. The summed E-state index contributed by atoms with van der Waals surface area (Å²) >= 11 is 0. The average Bonchev–Trinajstić information content (AvgIpc) is 2.92. The van der Waals surface area contributed by atoms with Gasteiger partial charge in [-0.25, -0.2) is 4.57 Å². The number of hydrogen-bond acceptors (Lipinski definition) is 7. The van der Waals surface area contributed by atoms with Gasteiger partial charge in [-0.2, -0.15) is 0 Å². The van der Waals surface area contributed by atoms with Crippen LogP contribution in [0.2, 0.25) is 0 Å². The molecule has 0 aromatic heterocycles. The van der Waals surface area contributed by atoms with E-state index in [4.69, 9.17) is 14.8 Å². The second-order valence-corrected chi connectivity index (χ2v) is 12.0. The maximum Gasteiger partial charge on any atom is 0.472 e. The van der Waals surface area contributed by atoms with Gasteiger partial charge < -0.3 is 26.2 Å². The minimum Gasteiger partial charge on any atom is -0.393 e. The number of carbonyl (C=O) groups excluding carboxylic acids is 1. The van der Waals surface area contributed by atoms with E-state index in [2.05, 4.69) is 31.3 Å². The highest BCUT2D eigenvalue weighted by Gasteiger charge is 2.27. The van der Waals surface area contributed by atoms with E-state index in [1.165, 1.54) is 44.9 Å². The number of phosphoric ester groups is 1. The zero-order chi connectivity index (χ0) is 29.9. The molecule has 0 aromatic carbocycles. The van der Waals surface area contributed by atoms with Crippen LogP contribution in [-0.2, 0) is 18.4 Å². The Balaban J connectivity index is 4.63. The van der Waals surface area contributed by atoms with E-state index in [0.717, 1.165) is 51.4 Å². The van der Waals surface area contributed by atoms with Crippen LogP contribution in [0.1, 0.15) is 123 Å². The van der Waals surface area contributed by atoms with Gasteiger partial charge >= 0.3 is 7.82 Å². The highest BCUT2D eigenvalue weighted by molar-refractivity contribution is 7.47. The third-order valence-corrected chi connectivity index (χ3v) is 7.56. The monoisotopic (exact) mass is 590 g/mol. The molecule has 9 nitrogen and oxygen atoms in total. The summed E-state index contributed by atoms with van der Waals surface area (Å²) in [6, 6.07) is -0.980. The van der Waals surface area contributed by atoms with Crippen LogP contribution in [0.4, 0.5) is 0 Å². The van der Waals surface area contributed by atoms with Crippen molar-refractivity contribution in [2.75, 3.05) is 19.8 Å². The standard InChI is InChI=1S/C30H59N2O7P/c1-3-5-7-9-11-13-15-17-19-21-27(33)25-30(35)32-28(26-39-40(36,37)38-24-23-31)29(34)22-20-18-16-14-12-10-8-6-4-2/h9,11,20,22,27-29,33-34H,3-8,10,12-19,21,23-26,31H2,1-2H3,(H,32,35)(H,36,37)/b11-9-,22-20+. The number of hydrogen-bond donors (Lipinski definition) is 5. The van der Waals surface area contributed by atoms with Crippen molar-refractivity contribution in [2.45, 2.75) is 141 Å². The molecule has 1 amide bonds. The Morgan fingerprint density at radius 3 is 2.08 bits per heavy atom. The number of nitrogens with one attached hydrogen (secondary N) is 1. The van der Waals surface area contributed by atoms with E-state index in [0.29, 0.717) is 6.42 Å². The molecule has 6 N–H and O–H groups in total. The minimum absolute atomic E-state index is 0.0472. The Morgan fingerprint density at radius 2 is 1.43 bits per heavy atom. The molecule has 0 rings (SSSR count). The topological polar surface area (TPSA) is 151 Å². The molecule has 0 heterocycles. The molecule has 0 bridgehead atoms. The van der Waals surface area contributed by atoms with Crippen molar-refractivity contribution in [3.05, 3.63) is 24.3 Å². The molecule has 0 aliphatic carbocycles. The van der Waals surface area contributed by atoms with Gasteiger partial charge in [-0.3, -0.25) is 13.8 Å². The summed E-state index contributed by atoms with van der Waals surface area (Å²) in [5.74, 6) is -0.463. The number of aliphatic hydroxyl groups excluding tert-OH is 2. The molecule has 236 valence electrons. The molecule has 40 heavy (non-hydrogen) atoms. The fourth-order valence-corrected chi connectivity index (χ4v) is 4.91. The molecule has 10 heteroatoms. The number of nitrogens with two attached hydrogens (primary N) is 1. The molecule has 0 radical (unpaired) electrons. The number of allylic oxidation sites excluding steroid dienone is 3. The number of unbranched alkanes of at least 4 members (excludes halogenated alkanes) is 12. The van der Waals surface area contributed by atoms with Gasteiger partial charge in [0.15, 0.2) is 0 Å². The zero-order valence-corrected chi connectivity index (χ0v) is 26.1. The lowest BCUT2D eigenvalue weighted by Gasteiger charge is -2.24. The van der Waals surface area contributed by atoms with Crippen molar-refractivity contribution in [3.63, 3.8) is 0 Å². The predicted molar refractivity (Wildman–Crippen MR) is 163 cm³/mol. The quantitative estimate of drug-likeness (QED) is 0.0418. The number of rotatable bonds is 28. The van der Waals surface area contributed by atoms with Crippen LogP contribution in [0.15, 0.2) is 24.3 Å². The molecule has 0 aliphatic rings. The second kappa shape index (κ2) is 26.8. The molecule has 4 unspecified atom stereocenters. The van der Waals surface area contributed by atoms with Gasteiger partial charge in [0.1, 0.15) is 0 Å². The molecular formula is C30H59N2O7P. The Kier molecular flexibility index (Phi) is 26.1. The summed E-state index contributed by atoms with van der Waals surface area (Å²) in [7, 11) is -4.38. The Hall–Kier alpha value is -1.06. The molecular weight excluding hydrogens is 531 g/mol. The van der Waals surface area contributed by atoms with Crippen molar-refractivity contribution in [1.82, 2.24) is 5.32 Å². The highest BCUT2D eigenvalue weighted by Crippen LogP contribution is 2.43. The van der Waals surface area contributed by atoms with Gasteiger partial charge in [0, 0.05) is 6.54 Å². The largest absolute Gasteiger partial charge is 0.472 e. The van der Waals surface area contributed by atoms with Crippen LogP contribution in [0.3, 0.4) is 0 Å². The SMILES string of the molecule is CCCC/C=C\CCCCCC(O)CC(=O)NC(COP(=O)(O)OCCN)C(O)/C=C/CCCCCCCCC. The number of aliphatic hydroxyl groups is 2. The van der Waals surface area contributed by atoms with Crippen molar-refractivity contribution < 1.29 is 33.5 Å². The van der Waals surface area contributed by atoms with Crippen molar-refractivity contribution in [2.24, 2.45) is 5.73 Å². The first-order valence-corrected chi connectivity index (χ1v) is 17.0. The lowest BCUT2D eigenvalue weighted by Crippen LogP contribution is -2.46. The lowest BCUT2D eigenvalue weighted by molar-refractivity contribution is -0.124. The fourth-order valence-electron chi connectivity index (χ4n) is 4.15. The summed E-state index contributed by atoms with van der Waals surface area (Å²) in [5, 5.41) is 23.6. The van der Waals surface area contributed by atoms with Gasteiger partial charge in [-0.15, -0.1) is 0 Å². The molecule has 4 atom stereocenters. The van der Waals surface area contributed by atoms with Gasteiger partial charge in [0.25, 0.3) is 0 Å². The third-order valence-electron chi connectivity index (χ3n) is 6.58. The highest BCUT2D eigenvalue weighted by atomic mass is 31.2. The van der Waals surface area contributed by atoms with E-state index >= 15 is 0 Å². The maximum atomic E-state index is 12.6. The predicted octanol–water partition coefficient (Wildman–Crippen LogP) is 6.07. The molecule has 0 aromatic rings. The van der Waals surface area contributed by atoms with E-state index in [-0.39, 0.29) is 19.6 Å². The van der Waals surface area contributed by atoms with E-state index in [1.54, 1.807) is 6.08 Å². The molecule has 0 saturated heterocycles. The molecule has 0 fully saturated rings. The first-order valence-electron chi connectivity index (χ1n) is 15.5. The van der Waals surface area contributed by atoms with Crippen molar-refractivity contribution >= 4 is 13.7 Å². The average molecular weight is 591 g/mol. The first kappa shape index (κ1) is 38.9. The van der Waals surface area contributed by atoms with Gasteiger partial charge in [0.05, 0.1) is 37.9 Å². The second-order valence-electron chi connectivity index (χ2n) is 10.5. The molecule has 0 spiro atoms. The smallest absolute Gasteiger partial charge is 0.393 e. The maximum absolute atomic E-state index is 12.6. The molecule has 0 saturated carbocycles. The van der Waals surface area contributed by atoms with Crippen molar-refractivity contribution in [1.29, 1.82) is 0 Å². The summed E-state index contributed by atoms with van der Waals surface area (Å²) in [4.78, 5) is 22.4. The Labute approximate surface area is 243 Å². The molecule has 0 aliphatic heterocycles. The van der Waals surface area contributed by atoms with Gasteiger partial charge in [0.2, 0.25) is 5.91 Å². The fraction of sp³-hybridized carbons (Fsp3) is 0.833. The van der Waals surface area contributed by atoms with Crippen LogP contribution in [0, 0.1) is 0 Å². The Morgan fingerprint density at radius 1 is 0.850 bits per heavy atom. The summed E-state index contributed by atoms with van der Waals surface area (Å²) in [6.45, 7) is 3.83. The van der Waals surface area contributed by atoms with E-state index in [9.17, 15) is 24.5 Å². The van der Waals surface area contributed by atoms with E-state index in [1.807, 2.05) is 6.08 Å². The summed E-state index contributed by atoms with van der Waals surface area (Å²) in [5.41, 5.74) is 5.31. The zero-order valence-electron chi connectivity index (χ0n) is 25.2. The van der Waals surface area contributed by atoms with Crippen LogP contribution < -0.4 is 11.1 Å². The number of carbonyl (C=O) groups is 1. The van der Waals surface area contributed by atoms with E-state index < -0.39 is 38.6 Å². The third kappa shape index (κ3) is 24.7. The number of phosphoric acid groups is 1. The van der Waals surface area contributed by atoms with Crippen LogP contribution >= 0.6 is 7.82 Å². The summed E-state index contributed by atoms with van der Waals surface area (Å²) in [6.07, 6.45) is 22.8. The minimum atomic E-state index is -4.38. The Bertz CT molecular complexity index is 706. The normalized spacial score (nSPS) is 15.8. The summed E-state index contributed by atoms with van der Waals surface area (Å²) < 4.78 is 21.8.